The topological polar surface area (TPSA) is 12.0 Å². The Hall–Kier alpha value is -1.40. The van der Waals surface area contributed by atoms with E-state index in [9.17, 15) is 8.78 Å². The monoisotopic (exact) mass is 223 g/mol. The maximum atomic E-state index is 13.6. The van der Waals surface area contributed by atoms with E-state index < -0.39 is 5.92 Å². The number of alkyl halides is 2. The number of halogens is 2. The zero-order valence-corrected chi connectivity index (χ0v) is 9.21. The zero-order valence-electron chi connectivity index (χ0n) is 9.21. The quantitative estimate of drug-likeness (QED) is 0.757. The van der Waals surface area contributed by atoms with Crippen LogP contribution in [0.5, 0.6) is 0 Å². The highest BCUT2D eigenvalue weighted by molar-refractivity contribution is 5.20. The van der Waals surface area contributed by atoms with E-state index in [1.165, 1.54) is 12.1 Å². The van der Waals surface area contributed by atoms with Gasteiger partial charge in [0, 0.05) is 18.0 Å². The summed E-state index contributed by atoms with van der Waals surface area (Å²) in [5, 5.41) is 2.73. The summed E-state index contributed by atoms with van der Waals surface area (Å²) in [7, 11) is 0. The van der Waals surface area contributed by atoms with Gasteiger partial charge in [0.25, 0.3) is 5.92 Å². The third kappa shape index (κ3) is 3.63. The highest BCUT2D eigenvalue weighted by Gasteiger charge is 2.31. The Balaban J connectivity index is 2.56. The van der Waals surface area contributed by atoms with E-state index in [-0.39, 0.29) is 18.2 Å². The molecule has 1 aromatic rings. The second-order valence-corrected chi connectivity index (χ2v) is 3.76. The van der Waals surface area contributed by atoms with Gasteiger partial charge in [0.15, 0.2) is 0 Å². The van der Waals surface area contributed by atoms with Crippen molar-refractivity contribution in [3.63, 3.8) is 0 Å². The molecular weight excluding hydrogens is 208 g/mol. The van der Waals surface area contributed by atoms with Gasteiger partial charge >= 0.3 is 0 Å². The predicted molar refractivity (Wildman–Crippen MR) is 61.3 cm³/mol. The second kappa shape index (κ2) is 5.62. The van der Waals surface area contributed by atoms with Crippen LogP contribution >= 0.6 is 0 Å². The van der Waals surface area contributed by atoms with Crippen LogP contribution in [0.25, 0.3) is 0 Å². The van der Waals surface area contributed by atoms with Gasteiger partial charge < -0.3 is 5.32 Å². The highest BCUT2D eigenvalue weighted by atomic mass is 19.3. The highest BCUT2D eigenvalue weighted by Crippen LogP contribution is 2.26. The molecule has 0 radical (unpaired) electrons. The summed E-state index contributed by atoms with van der Waals surface area (Å²) in [6, 6.07) is 7.68. The minimum atomic E-state index is -2.86. The minimum Gasteiger partial charge on any atom is -0.307 e. The fourth-order valence-electron chi connectivity index (χ4n) is 1.34. The zero-order chi connectivity index (χ0) is 12.0. The Kier molecular flexibility index (Phi) is 4.45. The predicted octanol–water partition coefficient (Wildman–Crippen LogP) is 2.78. The number of rotatable bonds is 5. The molecule has 1 atom stereocenters. The van der Waals surface area contributed by atoms with E-state index in [4.69, 9.17) is 6.42 Å². The van der Waals surface area contributed by atoms with Crippen molar-refractivity contribution in [1.29, 1.82) is 0 Å². The molecule has 86 valence electrons. The van der Waals surface area contributed by atoms with Crippen molar-refractivity contribution in [1.82, 2.24) is 5.32 Å². The van der Waals surface area contributed by atoms with Gasteiger partial charge in [-0.3, -0.25) is 0 Å². The summed E-state index contributed by atoms with van der Waals surface area (Å²) in [5.74, 6) is -0.421. The summed E-state index contributed by atoms with van der Waals surface area (Å²) in [6.45, 7) is 1.40. The van der Waals surface area contributed by atoms with Gasteiger partial charge in [-0.15, -0.1) is 12.3 Å². The SMILES string of the molecule is C#CCC(C)NCC(F)(F)c1ccccc1. The summed E-state index contributed by atoms with van der Waals surface area (Å²) >= 11 is 0. The van der Waals surface area contributed by atoms with Crippen molar-refractivity contribution >= 4 is 0 Å². The second-order valence-electron chi connectivity index (χ2n) is 3.76. The maximum absolute atomic E-state index is 13.6. The molecule has 0 amide bonds. The molecule has 0 aliphatic rings. The van der Waals surface area contributed by atoms with Crippen molar-refractivity contribution in [2.75, 3.05) is 6.54 Å². The Bertz CT molecular complexity index is 354. The van der Waals surface area contributed by atoms with Crippen molar-refractivity contribution in [3.8, 4) is 12.3 Å². The standard InChI is InChI=1S/C13H15F2N/c1-3-7-11(2)16-10-13(14,15)12-8-5-4-6-9-12/h1,4-6,8-9,11,16H,7,10H2,2H3. The molecule has 0 aliphatic heterocycles. The van der Waals surface area contributed by atoms with Gasteiger partial charge in [-0.05, 0) is 6.92 Å². The molecule has 1 nitrogen and oxygen atoms in total. The Morgan fingerprint density at radius 3 is 2.56 bits per heavy atom. The molecule has 1 unspecified atom stereocenters. The van der Waals surface area contributed by atoms with E-state index in [2.05, 4.69) is 11.2 Å². The van der Waals surface area contributed by atoms with Crippen LogP contribution in [0.1, 0.15) is 18.9 Å². The van der Waals surface area contributed by atoms with Gasteiger partial charge in [0.05, 0.1) is 6.54 Å². The first-order valence-electron chi connectivity index (χ1n) is 5.16. The minimum absolute atomic E-state index is 0.0235. The molecule has 0 aromatic heterocycles. The van der Waals surface area contributed by atoms with Gasteiger partial charge in [-0.2, -0.15) is 8.78 Å². The first-order valence-corrected chi connectivity index (χ1v) is 5.16. The Morgan fingerprint density at radius 1 is 1.38 bits per heavy atom. The molecule has 0 spiro atoms. The third-order valence-corrected chi connectivity index (χ3v) is 2.29. The number of terminal acetylenes is 1. The average Bonchev–Trinajstić information content (AvgIpc) is 2.28. The van der Waals surface area contributed by atoms with Crippen molar-refractivity contribution < 1.29 is 8.78 Å². The molecule has 0 bridgehead atoms. The van der Waals surface area contributed by atoms with Crippen molar-refractivity contribution in [3.05, 3.63) is 35.9 Å². The van der Waals surface area contributed by atoms with Crippen molar-refractivity contribution in [2.45, 2.75) is 25.3 Å². The Morgan fingerprint density at radius 2 is 2.00 bits per heavy atom. The average molecular weight is 223 g/mol. The van der Waals surface area contributed by atoms with Gasteiger partial charge in [-0.1, -0.05) is 30.3 Å². The molecular formula is C13H15F2N. The fraction of sp³-hybridized carbons (Fsp3) is 0.385. The van der Waals surface area contributed by atoms with Gasteiger partial charge in [0.1, 0.15) is 0 Å². The number of hydrogen-bond donors (Lipinski definition) is 1. The van der Waals surface area contributed by atoms with E-state index in [1.807, 2.05) is 0 Å². The van der Waals surface area contributed by atoms with Crippen LogP contribution in [0.15, 0.2) is 30.3 Å². The van der Waals surface area contributed by atoms with Crippen LogP contribution in [0.3, 0.4) is 0 Å². The number of hydrogen-bond acceptors (Lipinski definition) is 1. The van der Waals surface area contributed by atoms with Crippen LogP contribution in [0.4, 0.5) is 8.78 Å². The van der Waals surface area contributed by atoms with Crippen LogP contribution < -0.4 is 5.32 Å². The number of nitrogens with one attached hydrogen (secondary N) is 1. The van der Waals surface area contributed by atoms with E-state index >= 15 is 0 Å². The van der Waals surface area contributed by atoms with Crippen LogP contribution in [0.2, 0.25) is 0 Å². The lowest BCUT2D eigenvalue weighted by Crippen LogP contribution is -2.36. The van der Waals surface area contributed by atoms with E-state index in [0.29, 0.717) is 6.42 Å². The lowest BCUT2D eigenvalue weighted by atomic mass is 10.1. The van der Waals surface area contributed by atoms with E-state index in [1.54, 1.807) is 25.1 Å². The molecule has 0 saturated carbocycles. The third-order valence-electron chi connectivity index (χ3n) is 2.29. The molecule has 1 rings (SSSR count). The van der Waals surface area contributed by atoms with E-state index in [0.717, 1.165) is 0 Å². The number of benzene rings is 1. The van der Waals surface area contributed by atoms with Gasteiger partial charge in [-0.25, -0.2) is 0 Å². The smallest absolute Gasteiger partial charge is 0.285 e. The Labute approximate surface area is 94.9 Å². The summed E-state index contributed by atoms with van der Waals surface area (Å²) < 4.78 is 27.3. The van der Waals surface area contributed by atoms with Crippen molar-refractivity contribution in [2.24, 2.45) is 0 Å². The summed E-state index contributed by atoms with van der Waals surface area (Å²) in [6.07, 6.45) is 5.55. The first-order chi connectivity index (χ1) is 7.56. The summed E-state index contributed by atoms with van der Waals surface area (Å²) in [5.41, 5.74) is 0.0235. The molecule has 16 heavy (non-hydrogen) atoms. The lowest BCUT2D eigenvalue weighted by Gasteiger charge is -2.19. The lowest BCUT2D eigenvalue weighted by molar-refractivity contribution is -0.00515. The fourth-order valence-corrected chi connectivity index (χ4v) is 1.34. The van der Waals surface area contributed by atoms with Gasteiger partial charge in [0.2, 0.25) is 0 Å². The molecule has 0 saturated heterocycles. The molecule has 0 fully saturated rings. The molecule has 1 N–H and O–H groups in total. The normalized spacial score (nSPS) is 13.1. The molecule has 1 aromatic carbocycles. The largest absolute Gasteiger partial charge is 0.307 e. The molecule has 0 aliphatic carbocycles. The maximum Gasteiger partial charge on any atom is 0.285 e. The first kappa shape index (κ1) is 12.7. The molecule has 3 heteroatoms. The van der Waals surface area contributed by atoms with Crippen LogP contribution in [0, 0.1) is 12.3 Å². The summed E-state index contributed by atoms with van der Waals surface area (Å²) in [4.78, 5) is 0. The van der Waals surface area contributed by atoms with Crippen LogP contribution in [-0.2, 0) is 5.92 Å². The van der Waals surface area contributed by atoms with Crippen LogP contribution in [-0.4, -0.2) is 12.6 Å². The molecule has 0 heterocycles.